The number of Topliss-reactive ketones (excluding diaryl/α,β-unsaturated/α-hetero) is 1. The third-order valence-electron chi connectivity index (χ3n) is 6.25. The first-order valence-electron chi connectivity index (χ1n) is 9.84. The number of hydrogen-bond donors (Lipinski definition) is 0. The molecule has 2 heterocycles. The first-order chi connectivity index (χ1) is 14.9. The van der Waals surface area contributed by atoms with E-state index >= 15 is 0 Å². The average molecular weight is 489 g/mol. The van der Waals surface area contributed by atoms with Crippen molar-refractivity contribution in [2.45, 2.75) is 17.4 Å². The maximum Gasteiger partial charge on any atom is 0.379 e. The van der Waals surface area contributed by atoms with E-state index in [4.69, 9.17) is 18.6 Å². The topological polar surface area (TPSA) is 109 Å². The van der Waals surface area contributed by atoms with Crippen LogP contribution >= 0.6 is 15.9 Å². The molecule has 1 aromatic heterocycles. The molecule has 5 rings (SSSR count). The van der Waals surface area contributed by atoms with Crippen LogP contribution in [0.3, 0.4) is 0 Å². The molecule has 3 fully saturated rings. The summed E-state index contributed by atoms with van der Waals surface area (Å²) in [6, 6.07) is 8.94. The summed E-state index contributed by atoms with van der Waals surface area (Å²) in [4.78, 5) is 49.0. The number of furan rings is 1. The number of ketones is 1. The molecule has 1 aliphatic heterocycles. The molecule has 1 aromatic carbocycles. The van der Waals surface area contributed by atoms with E-state index in [9.17, 15) is 19.2 Å². The summed E-state index contributed by atoms with van der Waals surface area (Å²) in [7, 11) is 0. The molecule has 0 amide bonds. The molecular weight excluding hydrogens is 472 g/mol. The van der Waals surface area contributed by atoms with Gasteiger partial charge in [-0.1, -0.05) is 15.9 Å². The van der Waals surface area contributed by atoms with Crippen LogP contribution < -0.4 is 4.74 Å². The van der Waals surface area contributed by atoms with Gasteiger partial charge in [0.05, 0.1) is 22.9 Å². The van der Waals surface area contributed by atoms with E-state index in [1.807, 2.05) is 0 Å². The van der Waals surface area contributed by atoms with Crippen molar-refractivity contribution in [1.82, 2.24) is 0 Å². The minimum Gasteiger partial charge on any atom is -0.461 e. The van der Waals surface area contributed by atoms with Crippen LogP contribution in [0, 0.1) is 23.7 Å². The van der Waals surface area contributed by atoms with Crippen molar-refractivity contribution in [3.8, 4) is 5.75 Å². The van der Waals surface area contributed by atoms with Crippen LogP contribution in [-0.2, 0) is 19.1 Å². The monoisotopic (exact) mass is 488 g/mol. The maximum atomic E-state index is 12.7. The Hall–Kier alpha value is -2.94. The van der Waals surface area contributed by atoms with Crippen LogP contribution in [0.15, 0.2) is 47.1 Å². The number of carbonyl (C=O) groups excluding carboxylic acids is 4. The zero-order valence-electron chi connectivity index (χ0n) is 16.1. The normalized spacial score (nSPS) is 30.2. The molecule has 2 aliphatic carbocycles. The zero-order valence-corrected chi connectivity index (χ0v) is 17.6. The third kappa shape index (κ3) is 3.37. The van der Waals surface area contributed by atoms with Gasteiger partial charge in [0.2, 0.25) is 5.76 Å². The molecule has 0 N–H and O–H groups in total. The summed E-state index contributed by atoms with van der Waals surface area (Å²) in [6.45, 7) is -0.434. The summed E-state index contributed by atoms with van der Waals surface area (Å²) >= 11 is 3.54. The Morgan fingerprint density at radius 2 is 1.87 bits per heavy atom. The highest BCUT2D eigenvalue weighted by Crippen LogP contribution is 2.60. The molecular formula is C22H17BrO8. The van der Waals surface area contributed by atoms with Crippen molar-refractivity contribution in [3.63, 3.8) is 0 Å². The van der Waals surface area contributed by atoms with Gasteiger partial charge in [0, 0.05) is 11.5 Å². The van der Waals surface area contributed by atoms with Crippen molar-refractivity contribution in [3.05, 3.63) is 54.0 Å². The first kappa shape index (κ1) is 20.0. The van der Waals surface area contributed by atoms with Crippen molar-refractivity contribution < 1.29 is 37.8 Å². The van der Waals surface area contributed by atoms with Gasteiger partial charge in [-0.3, -0.25) is 14.4 Å². The third-order valence-corrected chi connectivity index (χ3v) is 7.45. The van der Waals surface area contributed by atoms with Gasteiger partial charge >= 0.3 is 17.9 Å². The summed E-state index contributed by atoms with van der Waals surface area (Å²) in [5.41, 5.74) is 0.303. The first-order valence-corrected chi connectivity index (χ1v) is 10.8. The van der Waals surface area contributed by atoms with E-state index in [0.29, 0.717) is 5.56 Å². The molecule has 6 atom stereocenters. The fourth-order valence-electron chi connectivity index (χ4n) is 4.87. The van der Waals surface area contributed by atoms with Crippen molar-refractivity contribution in [2.24, 2.45) is 23.7 Å². The van der Waals surface area contributed by atoms with E-state index in [1.54, 1.807) is 6.07 Å². The largest absolute Gasteiger partial charge is 0.461 e. The SMILES string of the molecule is O=C(COC(=O)[C@@H]1[C@H]2C[C@H]3[C@H](OC(=O)[C@@H]31)[C@@H]2Br)c1ccc(OC(=O)c2ccco2)cc1. The Morgan fingerprint density at radius 1 is 1.10 bits per heavy atom. The molecule has 2 bridgehead atoms. The fraction of sp³-hybridized carbons (Fsp3) is 0.364. The molecule has 2 aromatic rings. The number of hydrogen-bond acceptors (Lipinski definition) is 8. The predicted octanol–water partition coefficient (Wildman–Crippen LogP) is 2.80. The quantitative estimate of drug-likeness (QED) is 0.264. The molecule has 160 valence electrons. The Balaban J connectivity index is 1.18. The number of benzene rings is 1. The number of alkyl halides is 1. The van der Waals surface area contributed by atoms with E-state index in [-0.39, 0.29) is 40.2 Å². The van der Waals surface area contributed by atoms with Crippen LogP contribution in [0.1, 0.15) is 27.3 Å². The highest BCUT2D eigenvalue weighted by Gasteiger charge is 2.68. The van der Waals surface area contributed by atoms with E-state index in [1.165, 1.54) is 36.6 Å². The lowest BCUT2D eigenvalue weighted by Gasteiger charge is -2.26. The predicted molar refractivity (Wildman–Crippen MR) is 107 cm³/mol. The van der Waals surface area contributed by atoms with Gasteiger partial charge < -0.3 is 18.6 Å². The van der Waals surface area contributed by atoms with Crippen LogP contribution in [0.2, 0.25) is 0 Å². The molecule has 2 saturated carbocycles. The van der Waals surface area contributed by atoms with Crippen molar-refractivity contribution in [2.75, 3.05) is 6.61 Å². The number of halogens is 1. The van der Waals surface area contributed by atoms with Crippen LogP contribution in [0.25, 0.3) is 0 Å². The van der Waals surface area contributed by atoms with Gasteiger partial charge in [0.25, 0.3) is 0 Å². The standard InChI is InChI=1S/C22H17BrO8/c23-18-12-8-13-17(22(27)31-19(13)18)16(12)21(26)29-9-14(24)10-3-5-11(6-4-10)30-20(25)15-2-1-7-28-15/h1-7,12-13,16-19H,8-9H2/t12-,13-,16-,17+,18-,19+/m1/s1. The minimum atomic E-state index is -0.651. The molecule has 9 heteroatoms. The van der Waals surface area contributed by atoms with E-state index < -0.39 is 36.2 Å². The number of fused-ring (bicyclic) bond motifs is 1. The molecule has 0 spiro atoms. The fourth-order valence-corrected chi connectivity index (χ4v) is 5.92. The van der Waals surface area contributed by atoms with E-state index in [2.05, 4.69) is 15.9 Å². The van der Waals surface area contributed by atoms with E-state index in [0.717, 1.165) is 6.42 Å². The lowest BCUT2D eigenvalue weighted by molar-refractivity contribution is -0.154. The lowest BCUT2D eigenvalue weighted by atomic mass is 9.80. The van der Waals surface area contributed by atoms with Gasteiger partial charge in [0.15, 0.2) is 12.4 Å². The second-order valence-corrected chi connectivity index (χ2v) is 8.94. The Bertz CT molecular complexity index is 1040. The molecule has 0 radical (unpaired) electrons. The molecule has 3 aliphatic rings. The summed E-state index contributed by atoms with van der Waals surface area (Å²) in [5.74, 6) is -2.70. The second kappa shape index (κ2) is 7.64. The number of carbonyl (C=O) groups is 4. The highest BCUT2D eigenvalue weighted by atomic mass is 79.9. The zero-order chi connectivity index (χ0) is 21.7. The number of rotatable bonds is 6. The van der Waals surface area contributed by atoms with Crippen molar-refractivity contribution >= 4 is 39.6 Å². The van der Waals surface area contributed by atoms with Gasteiger partial charge in [-0.15, -0.1) is 0 Å². The number of ether oxygens (including phenoxy) is 3. The highest BCUT2D eigenvalue weighted by molar-refractivity contribution is 9.09. The maximum absolute atomic E-state index is 12.7. The van der Waals surface area contributed by atoms with Gasteiger partial charge in [-0.25, -0.2) is 4.79 Å². The van der Waals surface area contributed by atoms with Gasteiger partial charge in [0.1, 0.15) is 11.9 Å². The minimum absolute atomic E-state index is 0.0304. The molecule has 8 nitrogen and oxygen atoms in total. The summed E-state index contributed by atoms with van der Waals surface area (Å²) < 4.78 is 20.8. The molecule has 1 saturated heterocycles. The Labute approximate surface area is 184 Å². The van der Waals surface area contributed by atoms with Gasteiger partial charge in [-0.05, 0) is 48.7 Å². The number of esters is 3. The average Bonchev–Trinajstić information content (AvgIpc) is 3.52. The van der Waals surface area contributed by atoms with Crippen LogP contribution in [0.4, 0.5) is 0 Å². The summed E-state index contributed by atoms with van der Waals surface area (Å²) in [5, 5.41) is 0. The Morgan fingerprint density at radius 3 is 2.58 bits per heavy atom. The van der Waals surface area contributed by atoms with Gasteiger partial charge in [-0.2, -0.15) is 0 Å². The Kier molecular flexibility index (Phi) is 4.92. The van der Waals surface area contributed by atoms with Crippen LogP contribution in [0.5, 0.6) is 5.75 Å². The summed E-state index contributed by atoms with van der Waals surface area (Å²) in [6.07, 6.45) is 1.93. The lowest BCUT2D eigenvalue weighted by Crippen LogP contribution is -2.39. The smallest absolute Gasteiger partial charge is 0.379 e. The van der Waals surface area contributed by atoms with Crippen LogP contribution in [-0.4, -0.2) is 41.2 Å². The van der Waals surface area contributed by atoms with Crippen molar-refractivity contribution in [1.29, 1.82) is 0 Å². The second-order valence-electron chi connectivity index (χ2n) is 7.88. The molecule has 31 heavy (non-hydrogen) atoms. The molecule has 0 unspecified atom stereocenters.